The topological polar surface area (TPSA) is 66.0 Å². The van der Waals surface area contributed by atoms with E-state index in [-0.39, 0.29) is 5.91 Å². The highest BCUT2D eigenvalue weighted by Gasteiger charge is 2.08. The maximum atomic E-state index is 12.2. The van der Waals surface area contributed by atoms with E-state index in [9.17, 15) is 4.79 Å². The molecule has 1 N–H and O–H groups in total. The summed E-state index contributed by atoms with van der Waals surface area (Å²) in [6.45, 7) is 0. The number of benzene rings is 2. The van der Waals surface area contributed by atoms with Crippen LogP contribution in [0.15, 0.2) is 42.5 Å². The summed E-state index contributed by atoms with van der Waals surface area (Å²) in [7, 11) is 6.24. The summed E-state index contributed by atoms with van der Waals surface area (Å²) >= 11 is 0. The number of nitrogens with one attached hydrogen (secondary N) is 1. The van der Waals surface area contributed by atoms with Crippen molar-refractivity contribution in [3.8, 4) is 23.0 Å². The minimum absolute atomic E-state index is 0.290. The van der Waals surface area contributed by atoms with Crippen LogP contribution in [0, 0.1) is 0 Å². The zero-order chi connectivity index (χ0) is 18.2. The first kappa shape index (κ1) is 18.2. The monoisotopic (exact) mass is 343 g/mol. The Morgan fingerprint density at radius 3 is 2.04 bits per heavy atom. The Labute approximate surface area is 147 Å². The lowest BCUT2D eigenvalue weighted by molar-refractivity contribution is -0.111. The lowest BCUT2D eigenvalue weighted by atomic mass is 10.1. The van der Waals surface area contributed by atoms with Crippen molar-refractivity contribution in [1.29, 1.82) is 0 Å². The van der Waals surface area contributed by atoms with Crippen LogP contribution in [0.1, 0.15) is 5.56 Å². The second kappa shape index (κ2) is 8.63. The van der Waals surface area contributed by atoms with E-state index in [2.05, 4.69) is 5.32 Å². The highest BCUT2D eigenvalue weighted by molar-refractivity contribution is 6.03. The molecule has 2 rings (SSSR count). The molecule has 0 unspecified atom stereocenters. The van der Waals surface area contributed by atoms with E-state index < -0.39 is 0 Å². The largest absolute Gasteiger partial charge is 0.497 e. The Balaban J connectivity index is 2.14. The van der Waals surface area contributed by atoms with Crippen molar-refractivity contribution < 1.29 is 23.7 Å². The van der Waals surface area contributed by atoms with Gasteiger partial charge < -0.3 is 24.3 Å². The van der Waals surface area contributed by atoms with Gasteiger partial charge in [-0.3, -0.25) is 4.79 Å². The Hall–Kier alpha value is -3.15. The minimum Gasteiger partial charge on any atom is -0.497 e. The van der Waals surface area contributed by atoms with Crippen molar-refractivity contribution in [2.24, 2.45) is 0 Å². The predicted molar refractivity (Wildman–Crippen MR) is 96.8 cm³/mol. The Bertz CT molecular complexity index is 770. The van der Waals surface area contributed by atoms with Gasteiger partial charge in [-0.05, 0) is 30.3 Å². The van der Waals surface area contributed by atoms with Crippen molar-refractivity contribution >= 4 is 17.7 Å². The molecule has 2 aromatic carbocycles. The molecule has 132 valence electrons. The normalized spacial score (nSPS) is 10.4. The zero-order valence-electron chi connectivity index (χ0n) is 14.7. The van der Waals surface area contributed by atoms with Crippen LogP contribution < -0.4 is 24.3 Å². The molecule has 6 heteroatoms. The zero-order valence-corrected chi connectivity index (χ0v) is 14.7. The van der Waals surface area contributed by atoms with Crippen LogP contribution >= 0.6 is 0 Å². The quantitative estimate of drug-likeness (QED) is 0.781. The van der Waals surface area contributed by atoms with Crippen LogP contribution in [-0.4, -0.2) is 34.3 Å². The molecule has 0 aromatic heterocycles. The fourth-order valence-electron chi connectivity index (χ4n) is 2.20. The molecule has 0 bridgehead atoms. The molecule has 0 radical (unpaired) electrons. The van der Waals surface area contributed by atoms with Crippen molar-refractivity contribution in [1.82, 2.24) is 0 Å². The smallest absolute Gasteiger partial charge is 0.248 e. The van der Waals surface area contributed by atoms with Gasteiger partial charge >= 0.3 is 0 Å². The molecule has 0 aliphatic carbocycles. The minimum atomic E-state index is -0.290. The number of methoxy groups -OCH3 is 4. The van der Waals surface area contributed by atoms with Gasteiger partial charge in [-0.25, -0.2) is 0 Å². The van der Waals surface area contributed by atoms with Gasteiger partial charge in [-0.15, -0.1) is 0 Å². The molecular weight excluding hydrogens is 322 g/mol. The van der Waals surface area contributed by atoms with Crippen molar-refractivity contribution in [2.45, 2.75) is 0 Å². The van der Waals surface area contributed by atoms with E-state index >= 15 is 0 Å². The first-order valence-electron chi connectivity index (χ1n) is 7.54. The Morgan fingerprint density at radius 1 is 0.840 bits per heavy atom. The van der Waals surface area contributed by atoms with Gasteiger partial charge in [0.2, 0.25) is 5.91 Å². The number of carbonyl (C=O) groups is 1. The number of amides is 1. The van der Waals surface area contributed by atoms with Crippen molar-refractivity contribution in [2.75, 3.05) is 33.8 Å². The van der Waals surface area contributed by atoms with E-state index in [1.54, 1.807) is 57.7 Å². The Morgan fingerprint density at radius 2 is 1.44 bits per heavy atom. The van der Waals surface area contributed by atoms with Gasteiger partial charge in [0, 0.05) is 23.8 Å². The second-order valence-electron chi connectivity index (χ2n) is 5.00. The number of rotatable bonds is 7. The summed E-state index contributed by atoms with van der Waals surface area (Å²) in [6.07, 6.45) is 3.09. The third kappa shape index (κ3) is 4.67. The number of anilines is 1. The molecule has 6 nitrogen and oxygen atoms in total. The number of ether oxygens (including phenoxy) is 4. The molecule has 0 saturated heterocycles. The van der Waals surface area contributed by atoms with Crippen LogP contribution in [0.5, 0.6) is 23.0 Å². The van der Waals surface area contributed by atoms with Gasteiger partial charge in [0.05, 0.1) is 34.1 Å². The molecule has 1 amide bonds. The van der Waals surface area contributed by atoms with Crippen LogP contribution in [0.25, 0.3) is 6.08 Å². The molecule has 0 saturated carbocycles. The number of hydrogen-bond donors (Lipinski definition) is 1. The van der Waals surface area contributed by atoms with Gasteiger partial charge in [0.15, 0.2) is 0 Å². The van der Waals surface area contributed by atoms with Crippen LogP contribution in [-0.2, 0) is 4.79 Å². The lowest BCUT2D eigenvalue weighted by Crippen LogP contribution is -2.09. The fraction of sp³-hybridized carbons (Fsp3) is 0.211. The van der Waals surface area contributed by atoms with Crippen molar-refractivity contribution in [3.05, 3.63) is 48.0 Å². The second-order valence-corrected chi connectivity index (χ2v) is 5.00. The molecule has 2 aromatic rings. The van der Waals surface area contributed by atoms with E-state index in [4.69, 9.17) is 18.9 Å². The van der Waals surface area contributed by atoms with Gasteiger partial charge in [-0.2, -0.15) is 0 Å². The van der Waals surface area contributed by atoms with E-state index in [1.807, 2.05) is 6.07 Å². The Kier molecular flexibility index (Phi) is 6.28. The average Bonchev–Trinajstić information content (AvgIpc) is 2.66. The molecule has 25 heavy (non-hydrogen) atoms. The van der Waals surface area contributed by atoms with Gasteiger partial charge in [0.1, 0.15) is 23.0 Å². The first-order valence-corrected chi connectivity index (χ1v) is 7.54. The van der Waals surface area contributed by atoms with E-state index in [0.29, 0.717) is 28.7 Å². The predicted octanol–water partition coefficient (Wildman–Crippen LogP) is 3.37. The molecule has 0 spiro atoms. The van der Waals surface area contributed by atoms with Gasteiger partial charge in [0.25, 0.3) is 0 Å². The number of carbonyl (C=O) groups excluding carboxylic acids is 1. The van der Waals surface area contributed by atoms with E-state index in [1.165, 1.54) is 13.2 Å². The molecule has 0 aliphatic rings. The molecule has 0 heterocycles. The third-order valence-electron chi connectivity index (χ3n) is 3.52. The number of hydrogen-bond acceptors (Lipinski definition) is 5. The van der Waals surface area contributed by atoms with E-state index in [0.717, 1.165) is 5.56 Å². The summed E-state index contributed by atoms with van der Waals surface area (Å²) in [5, 5.41) is 2.77. The fourth-order valence-corrected chi connectivity index (χ4v) is 2.20. The first-order chi connectivity index (χ1) is 12.1. The summed E-state index contributed by atoms with van der Waals surface area (Å²) in [4.78, 5) is 12.2. The highest BCUT2D eigenvalue weighted by Crippen LogP contribution is 2.29. The lowest BCUT2D eigenvalue weighted by Gasteiger charge is -2.10. The summed E-state index contributed by atoms with van der Waals surface area (Å²) < 4.78 is 20.9. The standard InChI is InChI=1S/C19H21NO5/c1-22-14-7-5-13(17(11-14)24-3)6-10-19(21)20-16-9-8-15(23-2)12-18(16)25-4/h5-12H,1-4H3,(H,20,21). The molecular formula is C19H21NO5. The molecule has 0 atom stereocenters. The maximum absolute atomic E-state index is 12.2. The van der Waals surface area contributed by atoms with Crippen LogP contribution in [0.2, 0.25) is 0 Å². The van der Waals surface area contributed by atoms with Gasteiger partial charge in [-0.1, -0.05) is 0 Å². The summed E-state index contributed by atoms with van der Waals surface area (Å²) in [6, 6.07) is 10.5. The van der Waals surface area contributed by atoms with Crippen LogP contribution in [0.4, 0.5) is 5.69 Å². The highest BCUT2D eigenvalue weighted by atomic mass is 16.5. The average molecular weight is 343 g/mol. The third-order valence-corrected chi connectivity index (χ3v) is 3.52. The molecule has 0 aliphatic heterocycles. The van der Waals surface area contributed by atoms with Crippen LogP contribution in [0.3, 0.4) is 0 Å². The summed E-state index contributed by atoms with van der Waals surface area (Å²) in [5.41, 5.74) is 1.32. The maximum Gasteiger partial charge on any atom is 0.248 e. The molecule has 0 fully saturated rings. The van der Waals surface area contributed by atoms with Crippen molar-refractivity contribution in [3.63, 3.8) is 0 Å². The SMILES string of the molecule is COc1ccc(C=CC(=O)Nc2ccc(OC)cc2OC)c(OC)c1. The summed E-state index contributed by atoms with van der Waals surface area (Å²) in [5.74, 6) is 2.17.